The summed E-state index contributed by atoms with van der Waals surface area (Å²) in [6.07, 6.45) is -80.0. The molecule has 139 heavy (non-hydrogen) atoms. The number of hydrogen-bond donors (Lipinski definition) is 0. The summed E-state index contributed by atoms with van der Waals surface area (Å²) in [7, 11) is 0. The van der Waals surface area contributed by atoms with Crippen LogP contribution in [0.4, 0.5) is 0 Å². The lowest BCUT2D eigenvalue weighted by molar-refractivity contribution is -0.396. The molecule has 21 heterocycles. The second-order valence-electron chi connectivity index (χ2n) is 31.8. The average Bonchev–Trinajstić information content (AvgIpc) is 0.849. The third-order valence-electron chi connectivity index (χ3n) is 20.4. The van der Waals surface area contributed by atoms with E-state index in [1.165, 1.54) is 6.08 Å². The molecule has 35 atom stereocenters. The summed E-state index contributed by atoms with van der Waals surface area (Å²) in [5.74, 6) is -25.1. The Kier molecular flexibility index (Phi) is 41.6. The van der Waals surface area contributed by atoms with Gasteiger partial charge in [-0.1, -0.05) is 0 Å². The standard InChI is InChI=1S/C83H109NO55/c1-29(86)106-22-50-57-64(113-36(8)93)72(121-44(16)101)79(128-50)136-59-52(24-108-31(3)88)130-81(74(123-46(18)103)66(59)115-38(10)95)138-61-54(26-110-33(5)90)132-83(76(125-48(20)105)68(61)117-40(12)97)139-62-55(27-111-34(6)91)131-82(75(124-47(19)104)69(62)118-41(13)98)137-60-53(25-109-32(4)89)129-80(73(122-45(17)102)67(60)116-39(11)96)135-58-51(23-107-30(2)87)127-78(71(120-43(15)100)65(58)114-37(9)94)133-56-49(21-84-28-85)126-77(134-57)70(119-42(14)99)63(56)112-35(7)92/h49-83H,21-27H2,1-20H3. The predicted octanol–water partition coefficient (Wildman–Crippen LogP) is -3.47. The van der Waals surface area contributed by atoms with E-state index < -0.39 is 381 Å². The topological polar surface area (TPSA) is 685 Å². The van der Waals surface area contributed by atoms with E-state index in [0.717, 1.165) is 138 Å². The number of carbonyl (C=O) groups is 20. The Morgan fingerprint density at radius 1 is 0.173 bits per heavy atom. The van der Waals surface area contributed by atoms with E-state index in [1.807, 2.05) is 0 Å². The van der Waals surface area contributed by atoms with Crippen LogP contribution in [0.3, 0.4) is 0 Å². The number of nitrogens with zero attached hydrogens (tertiary/aromatic N) is 1. The van der Waals surface area contributed by atoms with Crippen molar-refractivity contribution >= 4 is 125 Å². The molecular weight excluding hydrogens is 1890 g/mol. The zero-order valence-corrected chi connectivity index (χ0v) is 78.6. The van der Waals surface area contributed by atoms with Gasteiger partial charge < -0.3 is 161 Å². The second kappa shape index (κ2) is 51.4. The molecule has 56 nitrogen and oxygen atoms in total. The van der Waals surface area contributed by atoms with Crippen LogP contribution >= 0.6 is 0 Å². The molecule has 21 fully saturated rings. The lowest BCUT2D eigenvalue weighted by Gasteiger charge is -2.52. The largest absolute Gasteiger partial charge is 0.463 e. The maximum absolute atomic E-state index is 13.9. The third-order valence-corrected chi connectivity index (χ3v) is 20.4. The van der Waals surface area contributed by atoms with Crippen molar-refractivity contribution < 1.29 is 262 Å². The molecule has 776 valence electrons. The summed E-state index contributed by atoms with van der Waals surface area (Å²) >= 11 is 0. The Morgan fingerprint density at radius 2 is 0.288 bits per heavy atom. The molecule has 56 heteroatoms. The van der Waals surface area contributed by atoms with Gasteiger partial charge in [0, 0.05) is 138 Å². The number of carbonyl (C=O) groups excluding carboxylic acids is 21. The minimum atomic E-state index is -2.47. The summed E-state index contributed by atoms with van der Waals surface area (Å²) in [4.78, 5) is 290. The Hall–Kier alpha value is -11.8. The van der Waals surface area contributed by atoms with Gasteiger partial charge in [-0.15, -0.1) is 0 Å². The summed E-state index contributed by atoms with van der Waals surface area (Å²) in [6, 6.07) is 0. The Morgan fingerprint density at radius 3 is 0.403 bits per heavy atom. The maximum atomic E-state index is 13.9. The molecule has 0 saturated carbocycles. The number of esters is 20. The van der Waals surface area contributed by atoms with Crippen molar-refractivity contribution in [3.05, 3.63) is 0 Å². The smallest absolute Gasteiger partial charge is 0.303 e. The van der Waals surface area contributed by atoms with E-state index >= 15 is 0 Å². The summed E-state index contributed by atoms with van der Waals surface area (Å²) in [5.41, 5.74) is 0. The van der Waals surface area contributed by atoms with Crippen LogP contribution in [0, 0.1) is 0 Å². The van der Waals surface area contributed by atoms with Crippen molar-refractivity contribution in [1.82, 2.24) is 0 Å². The van der Waals surface area contributed by atoms with E-state index in [0.29, 0.717) is 0 Å². The first-order chi connectivity index (χ1) is 65.3. The van der Waals surface area contributed by atoms with Crippen molar-refractivity contribution in [3.63, 3.8) is 0 Å². The number of ether oxygens (including phenoxy) is 34. The molecule has 0 aromatic heterocycles. The quantitative estimate of drug-likeness (QED) is 0.0318. The highest BCUT2D eigenvalue weighted by molar-refractivity contribution is 5.73. The molecule has 0 aliphatic carbocycles. The molecule has 21 saturated heterocycles. The zero-order valence-electron chi connectivity index (χ0n) is 78.6. The number of aliphatic imine (C=N–C) groups is 1. The fourth-order valence-corrected chi connectivity index (χ4v) is 15.9. The highest BCUT2D eigenvalue weighted by atomic mass is 16.8. The Bertz CT molecular complexity index is 4350. The van der Waals surface area contributed by atoms with Gasteiger partial charge in [0.1, 0.15) is 125 Å². The Labute approximate surface area is 789 Å². The fourth-order valence-electron chi connectivity index (χ4n) is 15.9. The first kappa shape index (κ1) is 113. The molecule has 21 aliphatic heterocycles. The van der Waals surface area contributed by atoms with Crippen LogP contribution in [0.5, 0.6) is 0 Å². The van der Waals surface area contributed by atoms with Crippen LogP contribution in [0.15, 0.2) is 4.99 Å². The van der Waals surface area contributed by atoms with Crippen molar-refractivity contribution in [3.8, 4) is 0 Å². The molecule has 35 unspecified atom stereocenters. The minimum Gasteiger partial charge on any atom is -0.463 e. The maximum Gasteiger partial charge on any atom is 0.303 e. The molecule has 14 bridgehead atoms. The normalized spacial score (nSPS) is 34.8. The number of isocyanates is 1. The number of rotatable bonds is 28. The third kappa shape index (κ3) is 32.1. The van der Waals surface area contributed by atoms with Gasteiger partial charge in [-0.25, -0.2) is 9.79 Å². The lowest BCUT2D eigenvalue weighted by Crippen LogP contribution is -2.70. The van der Waals surface area contributed by atoms with Crippen LogP contribution in [0.25, 0.3) is 0 Å². The van der Waals surface area contributed by atoms with Gasteiger partial charge in [-0.05, 0) is 0 Å². The monoisotopic (exact) mass is 2000 g/mol. The average molecular weight is 2000 g/mol. The molecule has 0 spiro atoms. The predicted molar refractivity (Wildman–Crippen MR) is 425 cm³/mol. The summed E-state index contributed by atoms with van der Waals surface area (Å²) in [5, 5.41) is 0. The molecule has 0 N–H and O–H groups in total. The molecule has 21 rings (SSSR count). The van der Waals surface area contributed by atoms with Crippen LogP contribution in [-0.2, 0) is 262 Å². The van der Waals surface area contributed by atoms with Crippen LogP contribution in [-0.4, -0.2) is 387 Å². The van der Waals surface area contributed by atoms with Crippen LogP contribution < -0.4 is 0 Å². The van der Waals surface area contributed by atoms with E-state index in [4.69, 9.17) is 161 Å². The van der Waals surface area contributed by atoms with Gasteiger partial charge in [0.05, 0.1) is 6.54 Å². The van der Waals surface area contributed by atoms with Crippen molar-refractivity contribution in [2.75, 3.05) is 46.2 Å². The van der Waals surface area contributed by atoms with Crippen molar-refractivity contribution in [2.24, 2.45) is 4.99 Å². The van der Waals surface area contributed by atoms with E-state index in [1.54, 1.807) is 0 Å². The highest BCUT2D eigenvalue weighted by Gasteiger charge is 2.66. The zero-order chi connectivity index (χ0) is 103. The Balaban J connectivity index is 1.51. The fraction of sp³-hybridized carbons (Fsp3) is 0.747. The van der Waals surface area contributed by atoms with Gasteiger partial charge in [0.2, 0.25) is 6.08 Å². The summed E-state index contributed by atoms with van der Waals surface area (Å²) < 4.78 is 209. The second-order valence-corrected chi connectivity index (χ2v) is 31.8. The molecule has 0 aromatic rings. The molecule has 0 aromatic carbocycles. The SMILES string of the molecule is CC(=O)OCC1OC2OC3C(COC(C)=O)OC(OC4C(COC(C)=O)OC(OC5C(COC(C)=O)OC(OC6C(COC(C)=O)OC(OC7C(COC(C)=O)OC(OC8C(CN=C=O)OC(OC1C(OC(C)=O)C2OC(C)=O)C(OC(C)=O)C8OC(C)=O)C(OC(C)=O)C7OC(C)=O)C(OC(C)=O)C6OC(C)=O)C(OC(C)=O)C5OC(C)=O)C(OC(C)=O)C4OC(C)=O)C(OC(C)=O)C3OC(C)=O. The van der Waals surface area contributed by atoms with Gasteiger partial charge in [-0.3, -0.25) is 95.9 Å². The molecule has 0 amide bonds. The van der Waals surface area contributed by atoms with Crippen molar-refractivity contribution in [2.45, 2.75) is 353 Å². The summed E-state index contributed by atoms with van der Waals surface area (Å²) in [6.45, 7) is 8.61. The lowest BCUT2D eigenvalue weighted by atomic mass is 9.94. The van der Waals surface area contributed by atoms with Crippen molar-refractivity contribution in [1.29, 1.82) is 0 Å². The first-order valence-corrected chi connectivity index (χ1v) is 42.7. The van der Waals surface area contributed by atoms with Gasteiger partial charge in [-0.2, -0.15) is 0 Å². The van der Waals surface area contributed by atoms with E-state index in [2.05, 4.69) is 4.99 Å². The molecule has 21 aliphatic rings. The first-order valence-electron chi connectivity index (χ1n) is 42.7. The van der Waals surface area contributed by atoms with E-state index in [9.17, 15) is 101 Å². The van der Waals surface area contributed by atoms with Gasteiger partial charge in [0.15, 0.2) is 129 Å². The van der Waals surface area contributed by atoms with Gasteiger partial charge >= 0.3 is 119 Å². The van der Waals surface area contributed by atoms with Crippen LogP contribution in [0.1, 0.15) is 138 Å². The van der Waals surface area contributed by atoms with Gasteiger partial charge in [0.25, 0.3) is 0 Å². The molecule has 0 radical (unpaired) electrons. The molecular formula is C83H109NO55. The highest BCUT2D eigenvalue weighted by Crippen LogP contribution is 2.45. The van der Waals surface area contributed by atoms with Crippen LogP contribution in [0.2, 0.25) is 0 Å². The number of hydrogen-bond acceptors (Lipinski definition) is 56. The minimum absolute atomic E-state index is 0.789. The van der Waals surface area contributed by atoms with E-state index in [-0.39, 0.29) is 0 Å².